The monoisotopic (exact) mass is 380 g/mol. The average Bonchev–Trinajstić information content (AvgIpc) is 3.27. The summed E-state index contributed by atoms with van der Waals surface area (Å²) in [4.78, 5) is 6.97. The minimum Gasteiger partial charge on any atom is -0.378 e. The summed E-state index contributed by atoms with van der Waals surface area (Å²) in [7, 11) is 0. The summed E-state index contributed by atoms with van der Waals surface area (Å²) in [6.07, 6.45) is 4.37. The summed E-state index contributed by atoms with van der Waals surface area (Å²) < 4.78 is 5.47. The predicted octanol–water partition coefficient (Wildman–Crippen LogP) is 1.53. The molecule has 0 aliphatic carbocycles. The highest BCUT2D eigenvalue weighted by atomic mass is 16.5. The molecule has 2 aliphatic heterocycles. The lowest BCUT2D eigenvalue weighted by Crippen LogP contribution is -2.40. The van der Waals surface area contributed by atoms with Crippen molar-refractivity contribution >= 4 is 23.7 Å². The number of aromatic amines is 1. The van der Waals surface area contributed by atoms with Crippen molar-refractivity contribution in [2.75, 3.05) is 49.6 Å². The molecule has 0 saturated carbocycles. The van der Waals surface area contributed by atoms with Crippen LogP contribution in [-0.2, 0) is 10.2 Å². The van der Waals surface area contributed by atoms with Gasteiger partial charge in [0.1, 0.15) is 17.5 Å². The molecule has 28 heavy (non-hydrogen) atoms. The number of pyridine rings is 1. The van der Waals surface area contributed by atoms with E-state index in [0.717, 1.165) is 37.6 Å². The van der Waals surface area contributed by atoms with Gasteiger partial charge in [0.2, 0.25) is 0 Å². The molecule has 2 aromatic heterocycles. The van der Waals surface area contributed by atoms with Gasteiger partial charge in [-0.3, -0.25) is 5.10 Å². The van der Waals surface area contributed by atoms with Gasteiger partial charge in [0.25, 0.3) is 0 Å². The zero-order valence-electron chi connectivity index (χ0n) is 15.7. The minimum absolute atomic E-state index is 0.561. The second-order valence-electron chi connectivity index (χ2n) is 7.07. The van der Waals surface area contributed by atoms with Crippen LogP contribution in [0.25, 0.3) is 0 Å². The molecule has 0 radical (unpaired) electrons. The zero-order chi connectivity index (χ0) is 19.4. The van der Waals surface area contributed by atoms with E-state index in [4.69, 9.17) is 15.1 Å². The molecule has 2 saturated heterocycles. The first-order valence-corrected chi connectivity index (χ1v) is 9.53. The molecule has 4 rings (SSSR count). The fourth-order valence-corrected chi connectivity index (χ4v) is 3.88. The Labute approximate surface area is 163 Å². The Morgan fingerprint density at radius 1 is 1.32 bits per heavy atom. The van der Waals surface area contributed by atoms with Gasteiger partial charge >= 0.3 is 0 Å². The first kappa shape index (κ1) is 18.4. The Morgan fingerprint density at radius 2 is 2.11 bits per heavy atom. The van der Waals surface area contributed by atoms with Gasteiger partial charge in [0.15, 0.2) is 0 Å². The van der Waals surface area contributed by atoms with E-state index in [1.807, 2.05) is 6.07 Å². The van der Waals surface area contributed by atoms with Crippen molar-refractivity contribution in [1.82, 2.24) is 20.5 Å². The number of hydrogen-bond donors (Lipinski definition) is 4. The Hall–Kier alpha value is -2.96. The van der Waals surface area contributed by atoms with Crippen LogP contribution in [0.2, 0.25) is 0 Å². The van der Waals surface area contributed by atoms with E-state index in [-0.39, 0.29) is 0 Å². The summed E-state index contributed by atoms with van der Waals surface area (Å²) in [5, 5.41) is 31.6. The number of piperidine rings is 1. The molecule has 0 bridgehead atoms. The van der Waals surface area contributed by atoms with Gasteiger partial charge < -0.3 is 25.7 Å². The van der Waals surface area contributed by atoms with Crippen LogP contribution in [-0.4, -0.2) is 60.8 Å². The highest BCUT2D eigenvalue weighted by Crippen LogP contribution is 2.39. The van der Waals surface area contributed by atoms with Crippen molar-refractivity contribution in [1.29, 1.82) is 10.7 Å². The number of morpholine rings is 1. The lowest BCUT2D eigenvalue weighted by Gasteiger charge is -2.35. The highest BCUT2D eigenvalue weighted by Gasteiger charge is 2.37. The molecule has 2 fully saturated rings. The molecule has 0 atom stereocenters. The first-order valence-electron chi connectivity index (χ1n) is 9.53. The third kappa shape index (κ3) is 3.44. The molecule has 4 N–H and O–H groups in total. The summed E-state index contributed by atoms with van der Waals surface area (Å²) in [5.74, 6) is 2.06. The largest absolute Gasteiger partial charge is 0.378 e. The maximum absolute atomic E-state index is 10.1. The number of H-pyrrole nitrogens is 1. The highest BCUT2D eigenvalue weighted by molar-refractivity contribution is 5.89. The number of hydrogen-bond acceptors (Lipinski definition) is 8. The van der Waals surface area contributed by atoms with Crippen LogP contribution in [0.3, 0.4) is 0 Å². The smallest absolute Gasteiger partial charge is 0.143 e. The summed E-state index contributed by atoms with van der Waals surface area (Å²) in [5.41, 5.74) is 0.882. The summed E-state index contributed by atoms with van der Waals surface area (Å²) in [6, 6.07) is 6.37. The predicted molar refractivity (Wildman–Crippen MR) is 106 cm³/mol. The van der Waals surface area contributed by atoms with Crippen molar-refractivity contribution in [3.63, 3.8) is 0 Å². The fourth-order valence-electron chi connectivity index (χ4n) is 3.88. The molecule has 9 heteroatoms. The SMILES string of the molecule is N#CC1(c2cc(N3CCOCC3)nc(Nc3ccn[nH]3)c2C=N)CCNCC1. The van der Waals surface area contributed by atoms with Crippen molar-refractivity contribution < 1.29 is 4.74 Å². The van der Waals surface area contributed by atoms with Gasteiger partial charge in [-0.25, -0.2) is 4.98 Å². The van der Waals surface area contributed by atoms with Gasteiger partial charge in [0, 0.05) is 30.9 Å². The number of nitrogens with one attached hydrogen (secondary N) is 4. The van der Waals surface area contributed by atoms with Crippen molar-refractivity contribution in [3.05, 3.63) is 29.5 Å². The van der Waals surface area contributed by atoms with E-state index >= 15 is 0 Å². The Balaban J connectivity index is 1.84. The molecule has 0 spiro atoms. The van der Waals surface area contributed by atoms with Gasteiger partial charge in [-0.05, 0) is 37.6 Å². The molecule has 4 heterocycles. The fraction of sp³-hybridized carbons (Fsp3) is 0.474. The number of nitrogens with zero attached hydrogens (tertiary/aromatic N) is 4. The summed E-state index contributed by atoms with van der Waals surface area (Å²) >= 11 is 0. The maximum Gasteiger partial charge on any atom is 0.143 e. The molecule has 146 valence electrons. The van der Waals surface area contributed by atoms with Gasteiger partial charge in [0.05, 0.1) is 30.9 Å². The molecular formula is C19H24N8O. The number of ether oxygens (including phenoxy) is 1. The van der Waals surface area contributed by atoms with Crippen LogP contribution in [0.15, 0.2) is 18.3 Å². The third-order valence-corrected chi connectivity index (χ3v) is 5.46. The second-order valence-corrected chi connectivity index (χ2v) is 7.07. The van der Waals surface area contributed by atoms with Crippen LogP contribution >= 0.6 is 0 Å². The second kappa shape index (κ2) is 7.96. The van der Waals surface area contributed by atoms with Gasteiger partial charge in [-0.15, -0.1) is 0 Å². The van der Waals surface area contributed by atoms with E-state index in [9.17, 15) is 5.26 Å². The topological polar surface area (TPSA) is 126 Å². The van der Waals surface area contributed by atoms with E-state index in [2.05, 4.69) is 31.8 Å². The van der Waals surface area contributed by atoms with Gasteiger partial charge in [-0.1, -0.05) is 0 Å². The van der Waals surface area contributed by atoms with Crippen molar-refractivity contribution in [2.45, 2.75) is 18.3 Å². The number of rotatable bonds is 5. The van der Waals surface area contributed by atoms with E-state index in [0.29, 0.717) is 43.3 Å². The lowest BCUT2D eigenvalue weighted by molar-refractivity contribution is 0.122. The van der Waals surface area contributed by atoms with Gasteiger partial charge in [-0.2, -0.15) is 10.4 Å². The van der Waals surface area contributed by atoms with E-state index in [1.165, 1.54) is 6.21 Å². The number of aromatic nitrogens is 3. The lowest BCUT2D eigenvalue weighted by atomic mass is 9.73. The normalized spacial score (nSPS) is 19.0. The van der Waals surface area contributed by atoms with Crippen molar-refractivity contribution in [2.24, 2.45) is 0 Å². The van der Waals surface area contributed by atoms with E-state index < -0.39 is 5.41 Å². The van der Waals surface area contributed by atoms with Crippen LogP contribution in [0.5, 0.6) is 0 Å². The van der Waals surface area contributed by atoms with E-state index in [1.54, 1.807) is 12.3 Å². The standard InChI is InChI=1S/C19H24N8O/c20-12-14-15(19(13-21)2-5-22-6-3-19)11-17(27-7-9-28-10-8-27)25-18(14)24-16-1-4-23-26-16/h1,4,11-12,20,22H,2-3,5-10H2,(H2,23,24,25,26). The average molecular weight is 380 g/mol. The molecule has 0 amide bonds. The minimum atomic E-state index is -0.632. The Morgan fingerprint density at radius 3 is 2.75 bits per heavy atom. The van der Waals surface area contributed by atoms with Crippen LogP contribution in [0.1, 0.15) is 24.0 Å². The van der Waals surface area contributed by atoms with Crippen LogP contribution in [0.4, 0.5) is 17.5 Å². The van der Waals surface area contributed by atoms with Crippen LogP contribution < -0.4 is 15.5 Å². The zero-order valence-corrected chi connectivity index (χ0v) is 15.7. The Bertz CT molecular complexity index is 861. The summed E-state index contributed by atoms with van der Waals surface area (Å²) in [6.45, 7) is 4.37. The first-order chi connectivity index (χ1) is 13.8. The maximum atomic E-state index is 10.1. The molecule has 2 aliphatic rings. The Kier molecular flexibility index (Phi) is 5.23. The van der Waals surface area contributed by atoms with Crippen LogP contribution in [0, 0.1) is 16.7 Å². The molecule has 0 aromatic carbocycles. The third-order valence-electron chi connectivity index (χ3n) is 5.46. The number of anilines is 3. The van der Waals surface area contributed by atoms with Crippen molar-refractivity contribution in [3.8, 4) is 6.07 Å². The molecule has 9 nitrogen and oxygen atoms in total. The molecular weight excluding hydrogens is 356 g/mol. The molecule has 2 aromatic rings. The molecule has 0 unspecified atom stereocenters. The number of nitriles is 1. The quantitative estimate of drug-likeness (QED) is 0.580.